The van der Waals surface area contributed by atoms with Crippen LogP contribution in [0.3, 0.4) is 0 Å². The van der Waals surface area contributed by atoms with Crippen LogP contribution >= 0.6 is 0 Å². The van der Waals surface area contributed by atoms with Crippen LogP contribution in [0.5, 0.6) is 0 Å². The Morgan fingerprint density at radius 3 is 2.47 bits per heavy atom. The summed E-state index contributed by atoms with van der Waals surface area (Å²) in [5.74, 6) is -1.25. The number of hydrogen-bond donors (Lipinski definition) is 2. The van der Waals surface area contributed by atoms with Gasteiger partial charge in [0.2, 0.25) is 0 Å². The molecule has 19 heavy (non-hydrogen) atoms. The lowest BCUT2D eigenvalue weighted by Crippen LogP contribution is -2.24. The summed E-state index contributed by atoms with van der Waals surface area (Å²) >= 11 is 0. The van der Waals surface area contributed by atoms with Crippen LogP contribution in [-0.4, -0.2) is 45.6 Å². The summed E-state index contributed by atoms with van der Waals surface area (Å²) in [6.45, 7) is 1.56. The molecule has 108 valence electrons. The number of ether oxygens (including phenoxy) is 1. The molecular formula is C13H20F2N2O2. The predicted molar refractivity (Wildman–Crippen MR) is 70.3 cm³/mol. The number of nitrogens with one attached hydrogen (secondary N) is 1. The average molecular weight is 274 g/mol. The number of methoxy groups -OCH3 is 1. The molecule has 0 saturated carbocycles. The normalized spacial score (nSPS) is 10.8. The Balaban J connectivity index is 2.73. The van der Waals surface area contributed by atoms with Gasteiger partial charge in [-0.05, 0) is 17.7 Å². The van der Waals surface area contributed by atoms with E-state index in [1.807, 2.05) is 0 Å². The van der Waals surface area contributed by atoms with Gasteiger partial charge in [-0.2, -0.15) is 0 Å². The van der Waals surface area contributed by atoms with Crippen molar-refractivity contribution in [2.24, 2.45) is 0 Å². The van der Waals surface area contributed by atoms with Crippen LogP contribution in [0.15, 0.2) is 12.1 Å². The summed E-state index contributed by atoms with van der Waals surface area (Å²) in [6.07, 6.45) is 0. The molecule has 0 aliphatic carbocycles. The van der Waals surface area contributed by atoms with Gasteiger partial charge in [0.05, 0.1) is 13.2 Å². The summed E-state index contributed by atoms with van der Waals surface area (Å²) in [6, 6.07) is 2.60. The first-order chi connectivity index (χ1) is 9.10. The van der Waals surface area contributed by atoms with E-state index >= 15 is 0 Å². The third-order valence-electron chi connectivity index (χ3n) is 2.71. The van der Waals surface area contributed by atoms with Crippen molar-refractivity contribution in [1.29, 1.82) is 0 Å². The minimum atomic E-state index is -0.625. The lowest BCUT2D eigenvalue weighted by atomic mass is 10.1. The molecule has 0 atom stereocenters. The van der Waals surface area contributed by atoms with Gasteiger partial charge in [0, 0.05) is 33.8 Å². The van der Waals surface area contributed by atoms with Gasteiger partial charge in [0.25, 0.3) is 0 Å². The highest BCUT2D eigenvalue weighted by Crippen LogP contribution is 2.23. The van der Waals surface area contributed by atoms with Crippen LogP contribution in [0.1, 0.15) is 5.56 Å². The number of halogens is 2. The topological polar surface area (TPSA) is 44.7 Å². The molecule has 1 aromatic rings. The van der Waals surface area contributed by atoms with E-state index in [-0.39, 0.29) is 18.8 Å². The molecule has 1 aromatic carbocycles. The van der Waals surface area contributed by atoms with Crippen LogP contribution < -0.4 is 10.2 Å². The smallest absolute Gasteiger partial charge is 0.149 e. The van der Waals surface area contributed by atoms with Crippen LogP contribution in [-0.2, 0) is 11.3 Å². The molecule has 0 saturated heterocycles. The minimum absolute atomic E-state index is 0.116. The summed E-state index contributed by atoms with van der Waals surface area (Å²) < 4.78 is 32.6. The molecule has 0 radical (unpaired) electrons. The number of aliphatic hydroxyl groups is 1. The zero-order chi connectivity index (χ0) is 14.3. The third-order valence-corrected chi connectivity index (χ3v) is 2.71. The Hall–Kier alpha value is -1.24. The van der Waals surface area contributed by atoms with Gasteiger partial charge >= 0.3 is 0 Å². The van der Waals surface area contributed by atoms with Crippen molar-refractivity contribution in [3.8, 4) is 0 Å². The lowest BCUT2D eigenvalue weighted by Gasteiger charge is -2.20. The molecule has 6 heteroatoms. The van der Waals surface area contributed by atoms with Crippen molar-refractivity contribution >= 4 is 5.69 Å². The number of aliphatic hydroxyl groups excluding tert-OH is 1. The van der Waals surface area contributed by atoms with E-state index in [1.165, 1.54) is 24.1 Å². The second-order valence-electron chi connectivity index (χ2n) is 4.22. The first kappa shape index (κ1) is 15.8. The average Bonchev–Trinajstić information content (AvgIpc) is 2.34. The quantitative estimate of drug-likeness (QED) is 0.698. The highest BCUT2D eigenvalue weighted by molar-refractivity contribution is 5.50. The molecule has 0 unspecified atom stereocenters. The third kappa shape index (κ3) is 4.74. The number of hydrogen-bond acceptors (Lipinski definition) is 4. The second kappa shape index (κ2) is 8.04. The summed E-state index contributed by atoms with van der Waals surface area (Å²) in [4.78, 5) is 1.35. The number of anilines is 1. The van der Waals surface area contributed by atoms with Crippen LogP contribution in [0, 0.1) is 11.6 Å². The van der Waals surface area contributed by atoms with Gasteiger partial charge in [-0.25, -0.2) is 8.78 Å². The fourth-order valence-corrected chi connectivity index (χ4v) is 1.75. The van der Waals surface area contributed by atoms with Crippen LogP contribution in [0.25, 0.3) is 0 Å². The van der Waals surface area contributed by atoms with Crippen molar-refractivity contribution < 1.29 is 18.6 Å². The first-order valence-electron chi connectivity index (χ1n) is 6.09. The Morgan fingerprint density at radius 1 is 1.32 bits per heavy atom. The summed E-state index contributed by atoms with van der Waals surface area (Å²) in [5, 5.41) is 11.8. The number of benzene rings is 1. The molecule has 0 fully saturated rings. The highest BCUT2D eigenvalue weighted by atomic mass is 19.1. The molecule has 0 aliphatic rings. The van der Waals surface area contributed by atoms with Gasteiger partial charge in [-0.1, -0.05) is 0 Å². The first-order valence-corrected chi connectivity index (χ1v) is 6.09. The zero-order valence-corrected chi connectivity index (χ0v) is 11.2. The molecule has 2 N–H and O–H groups in total. The van der Waals surface area contributed by atoms with E-state index in [0.717, 1.165) is 0 Å². The van der Waals surface area contributed by atoms with E-state index in [0.29, 0.717) is 25.3 Å². The van der Waals surface area contributed by atoms with Gasteiger partial charge in [0.15, 0.2) is 0 Å². The minimum Gasteiger partial charge on any atom is -0.395 e. The Labute approximate surface area is 112 Å². The summed E-state index contributed by atoms with van der Waals surface area (Å²) in [7, 11) is 3.13. The van der Waals surface area contributed by atoms with E-state index < -0.39 is 11.6 Å². The lowest BCUT2D eigenvalue weighted by molar-refractivity contribution is 0.199. The van der Waals surface area contributed by atoms with E-state index in [2.05, 4.69) is 5.32 Å². The molecule has 1 rings (SSSR count). The molecule has 0 heterocycles. The molecule has 0 spiro atoms. The Bertz CT molecular complexity index is 379. The maximum atomic E-state index is 13.8. The standard InChI is InChI=1S/C13H20F2N2O2/c1-17(4-5-18)13-11(14)7-10(8-12(13)15)9-16-3-6-19-2/h7-8,16,18H,3-6,9H2,1-2H3. The SMILES string of the molecule is COCCNCc1cc(F)c(N(C)CCO)c(F)c1. The monoisotopic (exact) mass is 274 g/mol. The molecule has 0 amide bonds. The fourth-order valence-electron chi connectivity index (χ4n) is 1.75. The van der Waals surface area contributed by atoms with Crippen LogP contribution in [0.4, 0.5) is 14.5 Å². The molecule has 4 nitrogen and oxygen atoms in total. The maximum absolute atomic E-state index is 13.8. The molecular weight excluding hydrogens is 254 g/mol. The number of nitrogens with zero attached hydrogens (tertiary/aromatic N) is 1. The maximum Gasteiger partial charge on any atom is 0.149 e. The highest BCUT2D eigenvalue weighted by Gasteiger charge is 2.14. The van der Waals surface area contributed by atoms with Crippen molar-refractivity contribution in [2.45, 2.75) is 6.54 Å². The number of rotatable bonds is 8. The Kier molecular flexibility index (Phi) is 6.69. The van der Waals surface area contributed by atoms with Crippen LogP contribution in [0.2, 0.25) is 0 Å². The van der Waals surface area contributed by atoms with Crippen molar-refractivity contribution in [3.05, 3.63) is 29.3 Å². The van der Waals surface area contributed by atoms with Gasteiger partial charge in [-0.15, -0.1) is 0 Å². The molecule has 0 aromatic heterocycles. The van der Waals surface area contributed by atoms with E-state index in [4.69, 9.17) is 9.84 Å². The van der Waals surface area contributed by atoms with Crippen molar-refractivity contribution in [3.63, 3.8) is 0 Å². The summed E-state index contributed by atoms with van der Waals surface area (Å²) in [5.41, 5.74) is 0.418. The van der Waals surface area contributed by atoms with E-state index in [9.17, 15) is 8.78 Å². The van der Waals surface area contributed by atoms with E-state index in [1.54, 1.807) is 7.11 Å². The zero-order valence-electron chi connectivity index (χ0n) is 11.2. The Morgan fingerprint density at radius 2 is 1.95 bits per heavy atom. The van der Waals surface area contributed by atoms with Crippen molar-refractivity contribution in [1.82, 2.24) is 5.32 Å². The predicted octanol–water partition coefficient (Wildman–Crippen LogP) is 1.13. The van der Waals surface area contributed by atoms with Gasteiger partial charge in [-0.3, -0.25) is 0 Å². The molecule has 0 aliphatic heterocycles. The molecule has 0 bridgehead atoms. The van der Waals surface area contributed by atoms with Gasteiger partial charge < -0.3 is 20.1 Å². The van der Waals surface area contributed by atoms with Gasteiger partial charge in [0.1, 0.15) is 17.3 Å². The number of likely N-dealkylation sites (N-methyl/N-ethyl adjacent to an activating group) is 1. The fraction of sp³-hybridized carbons (Fsp3) is 0.538. The van der Waals surface area contributed by atoms with Crippen molar-refractivity contribution in [2.75, 3.05) is 45.4 Å². The second-order valence-corrected chi connectivity index (χ2v) is 4.22. The largest absolute Gasteiger partial charge is 0.395 e.